The molecule has 0 N–H and O–H groups in total. The zero-order valence-electron chi connectivity index (χ0n) is 22.3. The lowest BCUT2D eigenvalue weighted by molar-refractivity contribution is 0.577. The van der Waals surface area contributed by atoms with E-state index < -0.39 is 11.6 Å². The third kappa shape index (κ3) is 9.90. The summed E-state index contributed by atoms with van der Waals surface area (Å²) >= 11 is 0. The van der Waals surface area contributed by atoms with Crippen molar-refractivity contribution in [1.29, 1.82) is 0 Å². The van der Waals surface area contributed by atoms with E-state index in [0.29, 0.717) is 5.56 Å². The Labute approximate surface area is 222 Å². The van der Waals surface area contributed by atoms with Crippen LogP contribution in [-0.4, -0.2) is 0 Å². The van der Waals surface area contributed by atoms with E-state index in [0.717, 1.165) is 36.8 Å². The molecule has 0 saturated carbocycles. The summed E-state index contributed by atoms with van der Waals surface area (Å²) in [6, 6.07) is 18.5. The van der Waals surface area contributed by atoms with Crippen molar-refractivity contribution in [3.05, 3.63) is 106 Å². The van der Waals surface area contributed by atoms with Crippen molar-refractivity contribution in [2.24, 2.45) is 0 Å². The van der Waals surface area contributed by atoms with Crippen molar-refractivity contribution >= 4 is 0 Å². The molecule has 0 fully saturated rings. The molecule has 0 heterocycles. The number of halogens is 2. The van der Waals surface area contributed by atoms with Gasteiger partial charge in [0.25, 0.3) is 0 Å². The van der Waals surface area contributed by atoms with Crippen molar-refractivity contribution in [2.75, 3.05) is 0 Å². The lowest BCUT2D eigenvalue weighted by Crippen LogP contribution is -1.93. The maximum Gasteiger partial charge on any atom is 0.143 e. The maximum atomic E-state index is 14.6. The molecule has 0 nitrogen and oxygen atoms in total. The first-order valence-corrected chi connectivity index (χ1v) is 13.8. The number of hydrogen-bond acceptors (Lipinski definition) is 0. The Kier molecular flexibility index (Phi) is 12.0. The highest BCUT2D eigenvalue weighted by atomic mass is 19.1. The highest BCUT2D eigenvalue weighted by Crippen LogP contribution is 2.16. The summed E-state index contributed by atoms with van der Waals surface area (Å²) in [4.78, 5) is 0. The predicted octanol–water partition coefficient (Wildman–Crippen LogP) is 9.40. The van der Waals surface area contributed by atoms with Crippen molar-refractivity contribution < 1.29 is 8.78 Å². The summed E-state index contributed by atoms with van der Waals surface area (Å²) in [5, 5.41) is 0. The summed E-state index contributed by atoms with van der Waals surface area (Å²) < 4.78 is 29.2. The van der Waals surface area contributed by atoms with E-state index in [1.807, 2.05) is 36.4 Å². The SMILES string of the molecule is CCCCCCCCCc1ccc(C#Cc2cc(F)c(C#Cc3ccc(CCCC)cc3)c(F)c2)cc1. The largest absolute Gasteiger partial charge is 0.205 e. The molecule has 192 valence electrons. The normalized spacial score (nSPS) is 10.4. The van der Waals surface area contributed by atoms with Gasteiger partial charge in [-0.3, -0.25) is 0 Å². The van der Waals surface area contributed by atoms with Gasteiger partial charge in [0.15, 0.2) is 0 Å². The molecule has 3 rings (SSSR count). The van der Waals surface area contributed by atoms with Gasteiger partial charge in [-0.05, 0) is 73.2 Å². The van der Waals surface area contributed by atoms with Gasteiger partial charge in [-0.1, -0.05) is 107 Å². The van der Waals surface area contributed by atoms with Crippen molar-refractivity contribution in [1.82, 2.24) is 0 Å². The van der Waals surface area contributed by atoms with Gasteiger partial charge < -0.3 is 0 Å². The fourth-order valence-electron chi connectivity index (χ4n) is 4.22. The first-order valence-electron chi connectivity index (χ1n) is 13.8. The summed E-state index contributed by atoms with van der Waals surface area (Å²) in [5.74, 6) is 10.0. The average molecular weight is 497 g/mol. The van der Waals surface area contributed by atoms with E-state index in [-0.39, 0.29) is 5.56 Å². The first kappa shape index (κ1) is 28.2. The van der Waals surface area contributed by atoms with Crippen LogP contribution in [0.5, 0.6) is 0 Å². The van der Waals surface area contributed by atoms with E-state index in [1.165, 1.54) is 68.2 Å². The van der Waals surface area contributed by atoms with Crippen LogP contribution < -0.4 is 0 Å². The van der Waals surface area contributed by atoms with Gasteiger partial charge in [0.1, 0.15) is 11.6 Å². The number of hydrogen-bond donors (Lipinski definition) is 0. The Morgan fingerprint density at radius 1 is 0.486 bits per heavy atom. The molecule has 2 heteroatoms. The minimum atomic E-state index is -0.693. The lowest BCUT2D eigenvalue weighted by Gasteiger charge is -2.03. The van der Waals surface area contributed by atoms with Crippen LogP contribution in [0.4, 0.5) is 8.78 Å². The van der Waals surface area contributed by atoms with Crippen molar-refractivity contribution in [3.63, 3.8) is 0 Å². The molecule has 3 aromatic rings. The van der Waals surface area contributed by atoms with Gasteiger partial charge in [-0.25, -0.2) is 8.78 Å². The lowest BCUT2D eigenvalue weighted by atomic mass is 10.0. The van der Waals surface area contributed by atoms with Crippen molar-refractivity contribution in [3.8, 4) is 23.7 Å². The number of benzene rings is 3. The number of unbranched alkanes of at least 4 members (excludes halogenated alkanes) is 7. The molecule has 0 aromatic heterocycles. The van der Waals surface area contributed by atoms with Crippen molar-refractivity contribution in [2.45, 2.75) is 84.5 Å². The minimum absolute atomic E-state index is 0.227. The molecule has 0 unspecified atom stereocenters. The van der Waals surface area contributed by atoms with Crippen LogP contribution >= 0.6 is 0 Å². The van der Waals surface area contributed by atoms with Crippen LogP contribution in [0, 0.1) is 35.3 Å². The summed E-state index contributed by atoms with van der Waals surface area (Å²) in [6.45, 7) is 4.40. The molecule has 3 aromatic carbocycles. The second-order valence-corrected chi connectivity index (χ2v) is 9.68. The molecule has 0 bridgehead atoms. The number of aryl methyl sites for hydroxylation is 2. The molecule has 0 amide bonds. The Balaban J connectivity index is 1.57. The zero-order chi connectivity index (χ0) is 26.3. The van der Waals surface area contributed by atoms with Gasteiger partial charge in [0.05, 0.1) is 5.56 Å². The second-order valence-electron chi connectivity index (χ2n) is 9.68. The average Bonchev–Trinajstić information content (AvgIpc) is 2.91. The Morgan fingerprint density at radius 3 is 1.46 bits per heavy atom. The van der Waals surface area contributed by atoms with E-state index in [4.69, 9.17) is 0 Å². The number of rotatable bonds is 11. The predicted molar refractivity (Wildman–Crippen MR) is 152 cm³/mol. The fourth-order valence-corrected chi connectivity index (χ4v) is 4.22. The molecule has 0 atom stereocenters. The van der Waals surface area contributed by atoms with Gasteiger partial charge in [0.2, 0.25) is 0 Å². The molecule has 0 radical (unpaired) electrons. The topological polar surface area (TPSA) is 0 Å². The van der Waals surface area contributed by atoms with Crippen LogP contribution in [-0.2, 0) is 12.8 Å². The quantitative estimate of drug-likeness (QED) is 0.183. The van der Waals surface area contributed by atoms with Crippen LogP contribution in [0.1, 0.15) is 105 Å². The molecule has 0 aliphatic heterocycles. The molecule has 0 spiro atoms. The summed E-state index contributed by atoms with van der Waals surface area (Å²) in [7, 11) is 0. The van der Waals surface area contributed by atoms with Crippen LogP contribution in [0.3, 0.4) is 0 Å². The highest BCUT2D eigenvalue weighted by Gasteiger charge is 2.08. The van der Waals surface area contributed by atoms with Gasteiger partial charge in [-0.15, -0.1) is 0 Å². The summed E-state index contributed by atoms with van der Waals surface area (Å²) in [5.41, 5.74) is 4.18. The molecule has 0 aliphatic carbocycles. The highest BCUT2D eigenvalue weighted by molar-refractivity contribution is 5.49. The molecular formula is C35H38F2. The Bertz CT molecular complexity index is 1210. The van der Waals surface area contributed by atoms with E-state index in [2.05, 4.69) is 49.7 Å². The van der Waals surface area contributed by atoms with Crippen LogP contribution in [0.15, 0.2) is 60.7 Å². The first-order chi connectivity index (χ1) is 18.1. The van der Waals surface area contributed by atoms with Gasteiger partial charge >= 0.3 is 0 Å². The van der Waals surface area contributed by atoms with Gasteiger partial charge in [-0.2, -0.15) is 0 Å². The van der Waals surface area contributed by atoms with Gasteiger partial charge in [0, 0.05) is 16.7 Å². The summed E-state index contributed by atoms with van der Waals surface area (Å²) in [6.07, 6.45) is 13.5. The van der Waals surface area contributed by atoms with Crippen LogP contribution in [0.2, 0.25) is 0 Å². The monoisotopic (exact) mass is 496 g/mol. The molecule has 0 aliphatic rings. The molecule has 37 heavy (non-hydrogen) atoms. The zero-order valence-corrected chi connectivity index (χ0v) is 22.3. The molecular weight excluding hydrogens is 458 g/mol. The van der Waals surface area contributed by atoms with Crippen LogP contribution in [0.25, 0.3) is 0 Å². The Morgan fingerprint density at radius 2 is 0.919 bits per heavy atom. The Hall–Kier alpha value is -3.36. The molecule has 0 saturated heterocycles. The fraction of sp³-hybridized carbons (Fsp3) is 0.371. The standard InChI is InChI=1S/C35H38F2/c1-3-5-7-8-9-10-11-13-29-16-18-30(19-17-29)22-23-32-26-34(36)33(35(37)27-32)25-24-31-20-14-28(15-21-31)12-6-4-2/h14-21,26-27H,3-13H2,1-2H3. The third-order valence-electron chi connectivity index (χ3n) is 6.52. The third-order valence-corrected chi connectivity index (χ3v) is 6.52. The van der Waals surface area contributed by atoms with E-state index in [1.54, 1.807) is 0 Å². The minimum Gasteiger partial charge on any atom is -0.205 e. The smallest absolute Gasteiger partial charge is 0.143 e. The van der Waals surface area contributed by atoms with E-state index >= 15 is 0 Å². The second kappa shape index (κ2) is 15.7. The maximum absolute atomic E-state index is 14.6. The van der Waals surface area contributed by atoms with E-state index in [9.17, 15) is 8.78 Å².